The maximum atomic E-state index is 11.1. The van der Waals surface area contributed by atoms with Gasteiger partial charge in [-0.3, -0.25) is 14.9 Å². The van der Waals surface area contributed by atoms with Crippen LogP contribution in [0.2, 0.25) is 0 Å². The largest absolute Gasteiger partial charge is 0.298 e. The second-order valence-corrected chi connectivity index (χ2v) is 2.99. The van der Waals surface area contributed by atoms with Gasteiger partial charge < -0.3 is 0 Å². The number of ketones is 1. The third-order valence-electron chi connectivity index (χ3n) is 1.98. The van der Waals surface area contributed by atoms with Crippen LogP contribution >= 0.6 is 0 Å². The first kappa shape index (κ1) is 10.9. The first-order valence-corrected chi connectivity index (χ1v) is 4.21. The minimum Gasteiger partial charge on any atom is -0.298 e. The summed E-state index contributed by atoms with van der Waals surface area (Å²) in [6, 6.07) is 7.52. The number of benzene rings is 1. The molecule has 0 aliphatic rings. The van der Waals surface area contributed by atoms with Gasteiger partial charge in [-0.2, -0.15) is 5.26 Å². The van der Waals surface area contributed by atoms with Gasteiger partial charge in [-0.25, -0.2) is 0 Å². The zero-order valence-corrected chi connectivity index (χ0v) is 8.01. The molecule has 1 aromatic carbocycles. The number of hydrogen-bond acceptors (Lipinski definition) is 4. The Morgan fingerprint density at radius 1 is 1.53 bits per heavy atom. The fourth-order valence-corrected chi connectivity index (χ4v) is 1.28. The molecule has 0 N–H and O–H groups in total. The lowest BCUT2D eigenvalue weighted by Crippen LogP contribution is -2.08. The number of nitro benzene ring substituents is 1. The molecule has 1 rings (SSSR count). The molecule has 0 radical (unpaired) electrons. The molecule has 1 atom stereocenters. The summed E-state index contributed by atoms with van der Waals surface area (Å²) in [6.07, 6.45) is 0. The van der Waals surface area contributed by atoms with Crippen LogP contribution in [0.15, 0.2) is 24.3 Å². The van der Waals surface area contributed by atoms with Crippen molar-refractivity contribution in [2.24, 2.45) is 0 Å². The maximum absolute atomic E-state index is 11.1. The lowest BCUT2D eigenvalue weighted by molar-refractivity contribution is -0.385. The molecule has 5 heteroatoms. The summed E-state index contributed by atoms with van der Waals surface area (Å²) in [4.78, 5) is 21.2. The van der Waals surface area contributed by atoms with Crippen LogP contribution in [0.5, 0.6) is 0 Å². The Hall–Kier alpha value is -2.22. The Morgan fingerprint density at radius 2 is 2.13 bits per heavy atom. The van der Waals surface area contributed by atoms with Crippen molar-refractivity contribution in [1.82, 2.24) is 0 Å². The zero-order valence-electron chi connectivity index (χ0n) is 8.01. The molecular formula is C10H8N2O3. The molecule has 15 heavy (non-hydrogen) atoms. The summed E-state index contributed by atoms with van der Waals surface area (Å²) in [6.45, 7) is 1.24. The maximum Gasteiger partial charge on any atom is 0.274 e. The lowest BCUT2D eigenvalue weighted by atomic mass is 9.95. The summed E-state index contributed by atoms with van der Waals surface area (Å²) in [7, 11) is 0. The fraction of sp³-hybridized carbons (Fsp3) is 0.200. The van der Waals surface area contributed by atoms with Gasteiger partial charge in [0.15, 0.2) is 5.78 Å². The first-order chi connectivity index (χ1) is 7.07. The Morgan fingerprint density at radius 3 is 2.60 bits per heavy atom. The Kier molecular flexibility index (Phi) is 3.13. The van der Waals surface area contributed by atoms with Crippen LogP contribution in [0.3, 0.4) is 0 Å². The molecule has 5 nitrogen and oxygen atoms in total. The van der Waals surface area contributed by atoms with E-state index >= 15 is 0 Å². The van der Waals surface area contributed by atoms with E-state index in [1.54, 1.807) is 12.1 Å². The van der Waals surface area contributed by atoms with Crippen molar-refractivity contribution in [2.45, 2.75) is 12.8 Å². The van der Waals surface area contributed by atoms with Gasteiger partial charge in [0.25, 0.3) is 5.69 Å². The van der Waals surface area contributed by atoms with E-state index in [0.717, 1.165) is 0 Å². The fourth-order valence-electron chi connectivity index (χ4n) is 1.28. The Balaban J connectivity index is 3.30. The summed E-state index contributed by atoms with van der Waals surface area (Å²) in [5.41, 5.74) is -0.0447. The first-order valence-electron chi connectivity index (χ1n) is 4.21. The molecule has 0 saturated heterocycles. The van der Waals surface area contributed by atoms with Crippen molar-refractivity contribution < 1.29 is 9.72 Å². The van der Waals surface area contributed by atoms with Crippen molar-refractivity contribution in [3.63, 3.8) is 0 Å². The number of hydrogen-bond donors (Lipinski definition) is 0. The van der Waals surface area contributed by atoms with E-state index in [1.165, 1.54) is 25.1 Å². The van der Waals surface area contributed by atoms with E-state index in [0.29, 0.717) is 0 Å². The molecule has 76 valence electrons. The standard InChI is InChI=1S/C10H8N2O3/c1-7(13)9(6-11)8-4-2-3-5-10(8)12(14)15/h2-5,9H,1H3/t9-/m0/s1. The number of carbonyl (C=O) groups excluding carboxylic acids is 1. The molecule has 0 aliphatic carbocycles. The second-order valence-electron chi connectivity index (χ2n) is 2.99. The van der Waals surface area contributed by atoms with Crippen LogP contribution in [0, 0.1) is 21.4 Å². The van der Waals surface area contributed by atoms with Crippen molar-refractivity contribution in [3.8, 4) is 6.07 Å². The summed E-state index contributed by atoms with van der Waals surface area (Å²) >= 11 is 0. The number of Topliss-reactive ketones (excluding diaryl/α,β-unsaturated/α-hetero) is 1. The van der Waals surface area contributed by atoms with Gasteiger partial charge in [0.05, 0.1) is 16.6 Å². The van der Waals surface area contributed by atoms with Gasteiger partial charge in [0.1, 0.15) is 5.92 Å². The highest BCUT2D eigenvalue weighted by molar-refractivity contribution is 5.87. The minimum absolute atomic E-state index is 0.150. The number of nitro groups is 1. The topological polar surface area (TPSA) is 84.0 Å². The average molecular weight is 204 g/mol. The molecule has 0 amide bonds. The van der Waals surface area contributed by atoms with Gasteiger partial charge in [-0.1, -0.05) is 18.2 Å². The molecule has 0 aliphatic heterocycles. The molecule has 0 heterocycles. The smallest absolute Gasteiger partial charge is 0.274 e. The quantitative estimate of drug-likeness (QED) is 0.555. The number of nitriles is 1. The average Bonchev–Trinajstić information content (AvgIpc) is 2.18. The number of carbonyl (C=O) groups is 1. The van der Waals surface area contributed by atoms with Gasteiger partial charge in [-0.05, 0) is 6.92 Å². The van der Waals surface area contributed by atoms with E-state index in [2.05, 4.69) is 0 Å². The van der Waals surface area contributed by atoms with E-state index in [9.17, 15) is 14.9 Å². The third kappa shape index (κ3) is 2.17. The van der Waals surface area contributed by atoms with Crippen LogP contribution < -0.4 is 0 Å². The predicted octanol–water partition coefficient (Wildman–Crippen LogP) is 1.79. The molecule has 0 aromatic heterocycles. The van der Waals surface area contributed by atoms with Gasteiger partial charge in [0.2, 0.25) is 0 Å². The molecule has 0 spiro atoms. The summed E-state index contributed by atoms with van der Waals surface area (Å²) in [5.74, 6) is -1.46. The monoisotopic (exact) mass is 204 g/mol. The van der Waals surface area contributed by atoms with Crippen LogP contribution in [-0.4, -0.2) is 10.7 Å². The number of rotatable bonds is 3. The highest BCUT2D eigenvalue weighted by Gasteiger charge is 2.24. The second kappa shape index (κ2) is 4.33. The van der Waals surface area contributed by atoms with Crippen LogP contribution in [-0.2, 0) is 4.79 Å². The highest BCUT2D eigenvalue weighted by Crippen LogP contribution is 2.26. The Labute approximate surface area is 86.1 Å². The van der Waals surface area contributed by atoms with E-state index in [4.69, 9.17) is 5.26 Å². The van der Waals surface area contributed by atoms with Crippen molar-refractivity contribution in [1.29, 1.82) is 5.26 Å². The molecule has 0 bridgehead atoms. The van der Waals surface area contributed by atoms with Crippen molar-refractivity contribution in [3.05, 3.63) is 39.9 Å². The molecule has 0 fully saturated rings. The number of para-hydroxylation sites is 1. The van der Waals surface area contributed by atoms with E-state index in [1.807, 2.05) is 0 Å². The van der Waals surface area contributed by atoms with Gasteiger partial charge in [-0.15, -0.1) is 0 Å². The van der Waals surface area contributed by atoms with Crippen molar-refractivity contribution >= 4 is 11.5 Å². The SMILES string of the molecule is CC(=O)[C@H](C#N)c1ccccc1[N+](=O)[O-]. The lowest BCUT2D eigenvalue weighted by Gasteiger charge is -2.05. The van der Waals surface area contributed by atoms with E-state index < -0.39 is 16.6 Å². The molecular weight excluding hydrogens is 196 g/mol. The zero-order chi connectivity index (χ0) is 11.4. The minimum atomic E-state index is -1.06. The summed E-state index contributed by atoms with van der Waals surface area (Å²) < 4.78 is 0. The Bertz CT molecular complexity index is 448. The highest BCUT2D eigenvalue weighted by atomic mass is 16.6. The van der Waals surface area contributed by atoms with E-state index in [-0.39, 0.29) is 11.3 Å². The molecule has 1 aromatic rings. The molecule has 0 saturated carbocycles. The van der Waals surface area contributed by atoms with Crippen LogP contribution in [0.25, 0.3) is 0 Å². The normalized spacial score (nSPS) is 11.5. The van der Waals surface area contributed by atoms with Crippen molar-refractivity contribution in [2.75, 3.05) is 0 Å². The van der Waals surface area contributed by atoms with Crippen LogP contribution in [0.4, 0.5) is 5.69 Å². The van der Waals surface area contributed by atoms with Gasteiger partial charge >= 0.3 is 0 Å². The summed E-state index contributed by atoms with van der Waals surface area (Å²) in [5, 5.41) is 19.4. The predicted molar refractivity (Wildman–Crippen MR) is 52.1 cm³/mol. The number of nitrogens with zero attached hydrogens (tertiary/aromatic N) is 2. The third-order valence-corrected chi connectivity index (χ3v) is 1.98. The van der Waals surface area contributed by atoms with Crippen LogP contribution in [0.1, 0.15) is 18.4 Å². The molecule has 0 unspecified atom stereocenters. The van der Waals surface area contributed by atoms with Gasteiger partial charge in [0, 0.05) is 6.07 Å².